The van der Waals surface area contributed by atoms with Crippen LogP contribution in [0.25, 0.3) is 0 Å². The minimum Gasteiger partial charge on any atom is -0.351 e. The van der Waals surface area contributed by atoms with Crippen LogP contribution in [0.15, 0.2) is 12.1 Å². The van der Waals surface area contributed by atoms with E-state index in [4.69, 9.17) is 28.5 Å². The summed E-state index contributed by atoms with van der Waals surface area (Å²) < 4.78 is 0. The molecule has 0 aliphatic rings. The minimum absolute atomic E-state index is 0.0197. The number of rotatable bonds is 4. The molecule has 0 radical (unpaired) electrons. The third-order valence-electron chi connectivity index (χ3n) is 2.26. The number of halogens is 2. The normalized spacial score (nSPS) is 11.5. The van der Waals surface area contributed by atoms with Crippen LogP contribution < -0.4 is 5.32 Å². The second-order valence-corrected chi connectivity index (χ2v) is 4.57. The van der Waals surface area contributed by atoms with Gasteiger partial charge in [-0.3, -0.25) is 14.9 Å². The maximum atomic E-state index is 11.8. The third kappa shape index (κ3) is 3.81. The molecule has 0 fully saturated rings. The summed E-state index contributed by atoms with van der Waals surface area (Å²) in [7, 11) is 0. The predicted molar refractivity (Wildman–Crippen MR) is 70.2 cm³/mol. The van der Waals surface area contributed by atoms with Crippen LogP contribution in [-0.2, 0) is 0 Å². The first-order chi connectivity index (χ1) is 8.86. The first kappa shape index (κ1) is 15.2. The molecule has 1 amide bonds. The van der Waals surface area contributed by atoms with Gasteiger partial charge in [0.2, 0.25) is 0 Å². The highest BCUT2D eigenvalue weighted by molar-refractivity contribution is 6.43. The van der Waals surface area contributed by atoms with Gasteiger partial charge in [0.05, 0.1) is 21.9 Å². The number of amides is 1. The summed E-state index contributed by atoms with van der Waals surface area (Å²) in [5.41, 5.74) is -0.418. The van der Waals surface area contributed by atoms with Gasteiger partial charge in [-0.05, 0) is 13.0 Å². The number of nitrogens with zero attached hydrogens (tertiary/aromatic N) is 2. The molecule has 0 aliphatic carbocycles. The summed E-state index contributed by atoms with van der Waals surface area (Å²) in [6.07, 6.45) is 0. The van der Waals surface area contributed by atoms with E-state index in [1.165, 1.54) is 6.07 Å². The van der Waals surface area contributed by atoms with E-state index in [0.717, 1.165) is 6.07 Å². The molecular weight excluding hydrogens is 293 g/mol. The average molecular weight is 302 g/mol. The van der Waals surface area contributed by atoms with Gasteiger partial charge in [-0.25, -0.2) is 0 Å². The predicted octanol–water partition coefficient (Wildman–Crippen LogP) is 2.79. The first-order valence-corrected chi connectivity index (χ1v) is 5.93. The van der Waals surface area contributed by atoms with E-state index in [2.05, 4.69) is 5.32 Å². The molecule has 100 valence electrons. The summed E-state index contributed by atoms with van der Waals surface area (Å²) in [4.78, 5) is 21.8. The molecule has 1 aromatic carbocycles. The van der Waals surface area contributed by atoms with Crippen LogP contribution in [-0.4, -0.2) is 17.4 Å². The quantitative estimate of drug-likeness (QED) is 0.683. The third-order valence-corrected chi connectivity index (χ3v) is 3.05. The van der Waals surface area contributed by atoms with E-state index in [9.17, 15) is 14.9 Å². The molecule has 19 heavy (non-hydrogen) atoms. The number of carbonyl (C=O) groups excluding carboxylic acids is 1. The SMILES string of the molecule is CC(C#N)CNC(=O)c1cc(Cl)c(Cl)c([N+](=O)[O-])c1. The molecule has 1 unspecified atom stereocenters. The maximum Gasteiger partial charge on any atom is 0.290 e. The van der Waals surface area contributed by atoms with Gasteiger partial charge in [0.1, 0.15) is 5.02 Å². The van der Waals surface area contributed by atoms with Gasteiger partial charge in [-0.2, -0.15) is 5.26 Å². The highest BCUT2D eigenvalue weighted by Gasteiger charge is 2.20. The van der Waals surface area contributed by atoms with Gasteiger partial charge < -0.3 is 5.32 Å². The van der Waals surface area contributed by atoms with Crippen molar-refractivity contribution in [3.63, 3.8) is 0 Å². The number of hydrogen-bond acceptors (Lipinski definition) is 4. The summed E-state index contributed by atoms with van der Waals surface area (Å²) in [5, 5.41) is 21.5. The fourth-order valence-electron chi connectivity index (χ4n) is 1.23. The Kier molecular flexibility index (Phi) is 5.10. The van der Waals surface area contributed by atoms with Crippen molar-refractivity contribution < 1.29 is 9.72 Å². The molecule has 1 N–H and O–H groups in total. The van der Waals surface area contributed by atoms with Crippen LogP contribution in [0.4, 0.5) is 5.69 Å². The molecule has 1 rings (SSSR count). The maximum absolute atomic E-state index is 11.8. The molecular formula is C11H9Cl2N3O3. The zero-order valence-corrected chi connectivity index (χ0v) is 11.3. The van der Waals surface area contributed by atoms with Gasteiger partial charge in [0.15, 0.2) is 0 Å². The summed E-state index contributed by atoms with van der Waals surface area (Å²) in [6.45, 7) is 1.78. The molecule has 0 spiro atoms. The average Bonchev–Trinajstić information content (AvgIpc) is 2.37. The standard InChI is InChI=1S/C11H9Cl2N3O3/c1-6(4-14)5-15-11(17)7-2-8(12)10(13)9(3-7)16(18)19/h2-3,6H,5H2,1H3,(H,15,17). The van der Waals surface area contributed by atoms with Crippen LogP contribution in [0.2, 0.25) is 10.0 Å². The lowest BCUT2D eigenvalue weighted by Crippen LogP contribution is -2.27. The van der Waals surface area contributed by atoms with Gasteiger partial charge in [-0.15, -0.1) is 0 Å². The fraction of sp³-hybridized carbons (Fsp3) is 0.273. The van der Waals surface area contributed by atoms with Crippen molar-refractivity contribution in [1.82, 2.24) is 5.32 Å². The van der Waals surface area contributed by atoms with Crippen LogP contribution in [0.1, 0.15) is 17.3 Å². The number of carbonyl (C=O) groups is 1. The summed E-state index contributed by atoms with van der Waals surface area (Å²) >= 11 is 11.4. The number of nitro groups is 1. The molecule has 0 saturated carbocycles. The molecule has 8 heteroatoms. The lowest BCUT2D eigenvalue weighted by Gasteiger charge is -2.07. The number of nitro benzene ring substituents is 1. The molecule has 0 bridgehead atoms. The Balaban J connectivity index is 2.99. The van der Waals surface area contributed by atoms with Crippen LogP contribution >= 0.6 is 23.2 Å². The van der Waals surface area contributed by atoms with Crippen LogP contribution in [0.5, 0.6) is 0 Å². The second kappa shape index (κ2) is 6.36. The Hall–Kier alpha value is -1.84. The Morgan fingerprint density at radius 3 is 2.74 bits per heavy atom. The smallest absolute Gasteiger partial charge is 0.290 e. The van der Waals surface area contributed by atoms with E-state index in [1.54, 1.807) is 6.92 Å². The summed E-state index contributed by atoms with van der Waals surface area (Å²) in [5.74, 6) is -0.912. The van der Waals surface area contributed by atoms with Gasteiger partial charge in [0.25, 0.3) is 11.6 Å². The minimum atomic E-state index is -0.719. The lowest BCUT2D eigenvalue weighted by molar-refractivity contribution is -0.384. The zero-order chi connectivity index (χ0) is 14.6. The highest BCUT2D eigenvalue weighted by atomic mass is 35.5. The van der Waals surface area contributed by atoms with Crippen molar-refractivity contribution in [3.8, 4) is 6.07 Å². The van der Waals surface area contributed by atoms with Crippen molar-refractivity contribution in [3.05, 3.63) is 37.9 Å². The van der Waals surface area contributed by atoms with Gasteiger partial charge in [0, 0.05) is 18.2 Å². The summed E-state index contributed by atoms with van der Waals surface area (Å²) in [6, 6.07) is 4.23. The Morgan fingerprint density at radius 2 is 2.21 bits per heavy atom. The van der Waals surface area contributed by atoms with Crippen LogP contribution in [0, 0.1) is 27.4 Å². The molecule has 0 saturated heterocycles. The first-order valence-electron chi connectivity index (χ1n) is 5.18. The fourth-order valence-corrected chi connectivity index (χ4v) is 1.62. The van der Waals surface area contributed by atoms with Crippen molar-refractivity contribution in [1.29, 1.82) is 5.26 Å². The largest absolute Gasteiger partial charge is 0.351 e. The number of nitriles is 1. The lowest BCUT2D eigenvalue weighted by atomic mass is 10.1. The van der Waals surface area contributed by atoms with Gasteiger partial charge in [-0.1, -0.05) is 23.2 Å². The Morgan fingerprint density at radius 1 is 1.58 bits per heavy atom. The Bertz CT molecular complexity index is 569. The molecule has 1 aromatic rings. The van der Waals surface area contributed by atoms with E-state index in [-0.39, 0.29) is 28.1 Å². The van der Waals surface area contributed by atoms with Crippen molar-refractivity contribution >= 4 is 34.8 Å². The molecule has 1 atom stereocenters. The highest BCUT2D eigenvalue weighted by Crippen LogP contribution is 2.32. The topological polar surface area (TPSA) is 96.0 Å². The van der Waals surface area contributed by atoms with E-state index < -0.39 is 16.5 Å². The second-order valence-electron chi connectivity index (χ2n) is 3.79. The molecule has 0 heterocycles. The molecule has 6 nitrogen and oxygen atoms in total. The van der Waals surface area contributed by atoms with E-state index in [1.807, 2.05) is 6.07 Å². The van der Waals surface area contributed by atoms with Crippen molar-refractivity contribution in [2.45, 2.75) is 6.92 Å². The van der Waals surface area contributed by atoms with Crippen molar-refractivity contribution in [2.24, 2.45) is 5.92 Å². The number of benzene rings is 1. The van der Waals surface area contributed by atoms with Gasteiger partial charge >= 0.3 is 0 Å². The zero-order valence-electron chi connectivity index (χ0n) is 9.81. The number of hydrogen-bond donors (Lipinski definition) is 1. The van der Waals surface area contributed by atoms with Crippen LogP contribution in [0.3, 0.4) is 0 Å². The molecule has 0 aromatic heterocycles. The molecule has 0 aliphatic heterocycles. The monoisotopic (exact) mass is 301 g/mol. The Labute approximate surface area is 119 Å². The van der Waals surface area contributed by atoms with E-state index >= 15 is 0 Å². The number of nitrogens with one attached hydrogen (secondary N) is 1. The van der Waals surface area contributed by atoms with Crippen molar-refractivity contribution in [2.75, 3.05) is 6.54 Å². The van der Waals surface area contributed by atoms with E-state index in [0.29, 0.717) is 0 Å².